The highest BCUT2D eigenvalue weighted by Crippen LogP contribution is 2.24. The van der Waals surface area contributed by atoms with Gasteiger partial charge in [-0.1, -0.05) is 39.0 Å². The van der Waals surface area contributed by atoms with Crippen molar-refractivity contribution in [1.82, 2.24) is 24.3 Å². The minimum atomic E-state index is -0.242. The molecule has 2 heterocycles. The lowest BCUT2D eigenvalue weighted by atomic mass is 10.1. The summed E-state index contributed by atoms with van der Waals surface area (Å²) < 4.78 is 3.07. The maximum absolute atomic E-state index is 13.0. The molecule has 1 aliphatic rings. The first-order valence-electron chi connectivity index (χ1n) is 11.2. The summed E-state index contributed by atoms with van der Waals surface area (Å²) in [6.07, 6.45) is 9.98. The van der Waals surface area contributed by atoms with Crippen LogP contribution < -0.4 is 16.6 Å². The van der Waals surface area contributed by atoms with Gasteiger partial charge in [0.05, 0.1) is 5.52 Å². The molecule has 2 aromatic rings. The predicted molar refractivity (Wildman–Crippen MR) is 128 cm³/mol. The fraction of sp³-hybridized carbons (Fsp3) is 0.500. The number of hydrogen-bond acceptors (Lipinski definition) is 4. The van der Waals surface area contributed by atoms with E-state index < -0.39 is 0 Å². The summed E-state index contributed by atoms with van der Waals surface area (Å²) in [5.74, 6) is 0.264. The molecule has 0 saturated heterocycles. The molecule has 168 valence electrons. The Labute approximate surface area is 183 Å². The van der Waals surface area contributed by atoms with Crippen molar-refractivity contribution in [2.75, 3.05) is 27.2 Å². The monoisotopic (exact) mass is 425 g/mol. The summed E-state index contributed by atoms with van der Waals surface area (Å²) in [5.41, 5.74) is 3.71. The fourth-order valence-electron chi connectivity index (χ4n) is 3.87. The third kappa shape index (κ3) is 4.93. The highest BCUT2D eigenvalue weighted by atomic mass is 16.2. The van der Waals surface area contributed by atoms with Crippen LogP contribution in [-0.2, 0) is 13.1 Å². The Hall–Kier alpha value is -2.80. The first kappa shape index (κ1) is 22.9. The lowest BCUT2D eigenvalue weighted by Gasteiger charge is -2.16. The molecule has 1 atom stereocenters. The van der Waals surface area contributed by atoms with Crippen molar-refractivity contribution in [3.63, 3.8) is 0 Å². The molecule has 0 amide bonds. The Morgan fingerprint density at radius 3 is 2.48 bits per heavy atom. The van der Waals surface area contributed by atoms with E-state index in [1.165, 1.54) is 4.57 Å². The van der Waals surface area contributed by atoms with Crippen LogP contribution in [0.15, 0.2) is 45.7 Å². The van der Waals surface area contributed by atoms with Crippen LogP contribution in [0.5, 0.6) is 0 Å². The molecule has 0 spiro atoms. The smallest absolute Gasteiger partial charge is 0.331 e. The average Bonchev–Trinajstić information content (AvgIpc) is 3.09. The van der Waals surface area contributed by atoms with E-state index in [0.29, 0.717) is 24.1 Å². The molecular formula is C24H35N5O2. The van der Waals surface area contributed by atoms with E-state index in [4.69, 9.17) is 0 Å². The highest BCUT2D eigenvalue weighted by molar-refractivity contribution is 5.84. The molecule has 2 N–H and O–H groups in total. The summed E-state index contributed by atoms with van der Waals surface area (Å²) in [4.78, 5) is 31.4. The zero-order chi connectivity index (χ0) is 22.5. The summed E-state index contributed by atoms with van der Waals surface area (Å²) >= 11 is 0. The number of hydrogen-bond donors (Lipinski definition) is 2. The SMILES string of the molecule is CCCn1c(=O)c2[nH]c(C3=CC=C(NCCN(C)C)C(C)C=C3)cc2n(CCC)c1=O. The van der Waals surface area contributed by atoms with Crippen molar-refractivity contribution in [2.24, 2.45) is 5.92 Å². The van der Waals surface area contributed by atoms with Gasteiger partial charge in [0.1, 0.15) is 5.52 Å². The van der Waals surface area contributed by atoms with Crippen molar-refractivity contribution in [3.05, 3.63) is 62.6 Å². The number of nitrogens with zero attached hydrogens (tertiary/aromatic N) is 3. The van der Waals surface area contributed by atoms with Gasteiger partial charge in [0.15, 0.2) is 0 Å². The molecule has 0 aliphatic heterocycles. The molecule has 0 saturated carbocycles. The number of rotatable bonds is 9. The first-order valence-corrected chi connectivity index (χ1v) is 11.2. The molecule has 7 heteroatoms. The molecule has 0 fully saturated rings. The Morgan fingerprint density at radius 1 is 1.10 bits per heavy atom. The number of allylic oxidation sites excluding steroid dienone is 5. The quantitative estimate of drug-likeness (QED) is 0.648. The molecule has 3 rings (SSSR count). The Morgan fingerprint density at radius 2 is 1.81 bits per heavy atom. The van der Waals surface area contributed by atoms with Crippen LogP contribution >= 0.6 is 0 Å². The van der Waals surface area contributed by atoms with E-state index in [-0.39, 0.29) is 17.2 Å². The third-order valence-corrected chi connectivity index (χ3v) is 5.60. The molecule has 1 unspecified atom stereocenters. The number of aryl methyl sites for hydroxylation is 1. The molecule has 0 radical (unpaired) electrons. The number of aromatic amines is 1. The zero-order valence-electron chi connectivity index (χ0n) is 19.4. The summed E-state index contributed by atoms with van der Waals surface area (Å²) in [5, 5.41) is 3.52. The normalized spacial score (nSPS) is 16.5. The van der Waals surface area contributed by atoms with E-state index in [9.17, 15) is 9.59 Å². The molecule has 0 bridgehead atoms. The second-order valence-corrected chi connectivity index (χ2v) is 8.46. The largest absolute Gasteiger partial charge is 0.387 e. The van der Waals surface area contributed by atoms with Crippen LogP contribution in [0.3, 0.4) is 0 Å². The predicted octanol–water partition coefficient (Wildman–Crippen LogP) is 2.94. The topological polar surface area (TPSA) is 75.1 Å². The Bertz CT molecular complexity index is 1130. The van der Waals surface area contributed by atoms with Crippen molar-refractivity contribution in [3.8, 4) is 0 Å². The van der Waals surface area contributed by atoms with Crippen LogP contribution in [0.1, 0.15) is 39.3 Å². The van der Waals surface area contributed by atoms with Gasteiger partial charge in [-0.25, -0.2) is 4.79 Å². The van der Waals surface area contributed by atoms with Crippen molar-refractivity contribution >= 4 is 16.6 Å². The van der Waals surface area contributed by atoms with Crippen LogP contribution in [0.25, 0.3) is 16.6 Å². The minimum Gasteiger partial charge on any atom is -0.387 e. The van der Waals surface area contributed by atoms with E-state index in [2.05, 4.69) is 60.5 Å². The molecule has 7 nitrogen and oxygen atoms in total. The number of aromatic nitrogens is 3. The van der Waals surface area contributed by atoms with Gasteiger partial charge in [0.25, 0.3) is 5.56 Å². The summed E-state index contributed by atoms with van der Waals surface area (Å²) in [6.45, 7) is 9.03. The first-order chi connectivity index (χ1) is 14.9. The highest BCUT2D eigenvalue weighted by Gasteiger charge is 2.17. The van der Waals surface area contributed by atoms with Crippen molar-refractivity contribution in [2.45, 2.75) is 46.7 Å². The van der Waals surface area contributed by atoms with Gasteiger partial charge in [0, 0.05) is 43.5 Å². The molecule has 2 aromatic heterocycles. The lowest BCUT2D eigenvalue weighted by Crippen LogP contribution is -2.39. The molecule has 31 heavy (non-hydrogen) atoms. The van der Waals surface area contributed by atoms with E-state index in [1.54, 1.807) is 4.57 Å². The Kier molecular flexibility index (Phi) is 7.38. The van der Waals surface area contributed by atoms with Gasteiger partial charge in [-0.05, 0) is 44.7 Å². The molecule has 0 aromatic carbocycles. The second-order valence-electron chi connectivity index (χ2n) is 8.46. The average molecular weight is 426 g/mol. The lowest BCUT2D eigenvalue weighted by molar-refractivity contribution is 0.405. The van der Waals surface area contributed by atoms with Crippen molar-refractivity contribution in [1.29, 1.82) is 0 Å². The van der Waals surface area contributed by atoms with Crippen LogP contribution in [0, 0.1) is 5.92 Å². The van der Waals surface area contributed by atoms with Gasteiger partial charge in [-0.2, -0.15) is 0 Å². The Balaban J connectivity index is 2.04. The zero-order valence-corrected chi connectivity index (χ0v) is 19.4. The van der Waals surface area contributed by atoms with E-state index in [1.807, 2.05) is 19.9 Å². The minimum absolute atomic E-state index is 0.224. The van der Waals surface area contributed by atoms with Gasteiger partial charge in [-0.15, -0.1) is 0 Å². The van der Waals surface area contributed by atoms with Gasteiger partial charge in [0.2, 0.25) is 0 Å². The number of fused-ring (bicyclic) bond motifs is 1. The van der Waals surface area contributed by atoms with Gasteiger partial charge < -0.3 is 15.2 Å². The summed E-state index contributed by atoms with van der Waals surface area (Å²) in [7, 11) is 4.13. The van der Waals surface area contributed by atoms with Crippen LogP contribution in [0.4, 0.5) is 0 Å². The summed E-state index contributed by atoms with van der Waals surface area (Å²) in [6, 6.07) is 1.93. The standard InChI is InChI=1S/C24H35N5O2/c1-6-13-28-21-16-20(26-22(21)23(30)29(14-7-2)24(28)31)18-9-8-17(3)19(11-10-18)25-12-15-27(4)5/h8-11,16-17,25-26H,6-7,12-15H2,1-5H3. The molecular weight excluding hydrogens is 390 g/mol. The van der Waals surface area contributed by atoms with Crippen LogP contribution in [0.2, 0.25) is 0 Å². The molecule has 1 aliphatic carbocycles. The van der Waals surface area contributed by atoms with E-state index in [0.717, 1.165) is 42.9 Å². The van der Waals surface area contributed by atoms with Gasteiger partial charge in [-0.3, -0.25) is 13.9 Å². The van der Waals surface area contributed by atoms with Gasteiger partial charge >= 0.3 is 5.69 Å². The maximum Gasteiger partial charge on any atom is 0.331 e. The van der Waals surface area contributed by atoms with Crippen molar-refractivity contribution < 1.29 is 0 Å². The number of H-pyrrole nitrogens is 1. The number of likely N-dealkylation sites (N-methyl/N-ethyl adjacent to an activating group) is 1. The third-order valence-electron chi connectivity index (χ3n) is 5.60. The number of nitrogens with one attached hydrogen (secondary N) is 2. The van der Waals surface area contributed by atoms with Crippen LogP contribution in [-0.4, -0.2) is 46.2 Å². The maximum atomic E-state index is 13.0. The second kappa shape index (κ2) is 10.0. The fourth-order valence-corrected chi connectivity index (χ4v) is 3.87. The van der Waals surface area contributed by atoms with E-state index >= 15 is 0 Å².